The van der Waals surface area contributed by atoms with Crippen LogP contribution in [-0.2, 0) is 0 Å². The zero-order valence-electron chi connectivity index (χ0n) is 9.24. The van der Waals surface area contributed by atoms with Gasteiger partial charge in [-0.3, -0.25) is 0 Å². The van der Waals surface area contributed by atoms with Crippen LogP contribution in [0.15, 0.2) is 29.2 Å². The van der Waals surface area contributed by atoms with Crippen LogP contribution in [0, 0.1) is 6.07 Å². The number of thioether (sulfide) groups is 1. The molecule has 0 saturated heterocycles. The maximum Gasteiger partial charge on any atom is 0.0154 e. The van der Waals surface area contributed by atoms with Crippen LogP contribution < -0.4 is 0 Å². The fraction of sp³-hybridized carbons (Fsp3) is 0.571. The summed E-state index contributed by atoms with van der Waals surface area (Å²) in [5.41, 5.74) is 0. The van der Waals surface area contributed by atoms with Crippen LogP contribution in [-0.4, -0.2) is 5.25 Å². The molecule has 1 heteroatoms. The molecule has 2 rings (SSSR count). The van der Waals surface area contributed by atoms with Gasteiger partial charge in [-0.05, 0) is 25.0 Å². The van der Waals surface area contributed by atoms with Crippen molar-refractivity contribution in [3.63, 3.8) is 0 Å². The molecule has 81 valence electrons. The van der Waals surface area contributed by atoms with Gasteiger partial charge in [0.05, 0.1) is 0 Å². The molecular weight excluding hydrogens is 200 g/mol. The van der Waals surface area contributed by atoms with Crippen LogP contribution in [0.2, 0.25) is 0 Å². The van der Waals surface area contributed by atoms with Crippen molar-refractivity contribution in [1.29, 1.82) is 0 Å². The van der Waals surface area contributed by atoms with Gasteiger partial charge in [0.15, 0.2) is 0 Å². The Kier molecular flexibility index (Phi) is 4.59. The quantitative estimate of drug-likeness (QED) is 0.695. The molecule has 1 aromatic rings. The van der Waals surface area contributed by atoms with Gasteiger partial charge in [-0.15, -0.1) is 11.8 Å². The first-order valence-electron chi connectivity index (χ1n) is 6.08. The van der Waals surface area contributed by atoms with Gasteiger partial charge >= 0.3 is 0 Å². The monoisotopic (exact) mass is 219 g/mol. The summed E-state index contributed by atoms with van der Waals surface area (Å²) < 4.78 is 0. The van der Waals surface area contributed by atoms with Crippen molar-refractivity contribution in [2.45, 2.75) is 55.1 Å². The molecule has 1 aromatic carbocycles. The normalized spacial score (nSPS) is 19.5. The van der Waals surface area contributed by atoms with E-state index in [-0.39, 0.29) is 0 Å². The van der Waals surface area contributed by atoms with Crippen molar-refractivity contribution in [2.24, 2.45) is 0 Å². The molecule has 0 amide bonds. The zero-order chi connectivity index (χ0) is 10.3. The molecule has 0 heterocycles. The molecule has 0 N–H and O–H groups in total. The highest BCUT2D eigenvalue weighted by Crippen LogP contribution is 2.31. The summed E-state index contributed by atoms with van der Waals surface area (Å²) in [6.45, 7) is 0. The van der Waals surface area contributed by atoms with E-state index in [0.717, 1.165) is 5.25 Å². The maximum atomic E-state index is 3.31. The lowest BCUT2D eigenvalue weighted by Gasteiger charge is -2.18. The molecule has 0 aliphatic heterocycles. The van der Waals surface area contributed by atoms with Crippen molar-refractivity contribution in [3.8, 4) is 0 Å². The van der Waals surface area contributed by atoms with E-state index in [1.54, 1.807) is 0 Å². The molecular formula is C14H19S. The summed E-state index contributed by atoms with van der Waals surface area (Å²) in [7, 11) is 0. The van der Waals surface area contributed by atoms with Crippen molar-refractivity contribution in [3.05, 3.63) is 30.3 Å². The fourth-order valence-electron chi connectivity index (χ4n) is 2.17. The van der Waals surface area contributed by atoms with E-state index in [1.807, 2.05) is 23.9 Å². The van der Waals surface area contributed by atoms with E-state index in [0.29, 0.717) is 0 Å². The summed E-state index contributed by atoms with van der Waals surface area (Å²) in [5, 5.41) is 0.837. The number of benzene rings is 1. The van der Waals surface area contributed by atoms with Crippen molar-refractivity contribution in [1.82, 2.24) is 0 Å². The van der Waals surface area contributed by atoms with Gasteiger partial charge < -0.3 is 0 Å². The highest BCUT2D eigenvalue weighted by Gasteiger charge is 2.12. The number of hydrogen-bond donors (Lipinski definition) is 0. The predicted octanol–water partition coefficient (Wildman–Crippen LogP) is 4.69. The van der Waals surface area contributed by atoms with Crippen LogP contribution in [0.1, 0.15) is 44.9 Å². The summed E-state index contributed by atoms with van der Waals surface area (Å²) in [6.07, 6.45) is 9.97. The minimum absolute atomic E-state index is 0.837. The van der Waals surface area contributed by atoms with Crippen LogP contribution in [0.4, 0.5) is 0 Å². The zero-order valence-corrected chi connectivity index (χ0v) is 10.1. The van der Waals surface area contributed by atoms with Gasteiger partial charge in [0.2, 0.25) is 0 Å². The first kappa shape index (κ1) is 11.1. The Morgan fingerprint density at radius 1 is 1.00 bits per heavy atom. The highest BCUT2D eigenvalue weighted by molar-refractivity contribution is 8.00. The highest BCUT2D eigenvalue weighted by atomic mass is 32.2. The Balaban J connectivity index is 1.86. The molecule has 0 bridgehead atoms. The lowest BCUT2D eigenvalue weighted by molar-refractivity contribution is 0.513. The van der Waals surface area contributed by atoms with Gasteiger partial charge in [-0.2, -0.15) is 0 Å². The molecule has 0 unspecified atom stereocenters. The largest absolute Gasteiger partial charge is 0.122 e. The second-order valence-corrected chi connectivity index (χ2v) is 5.65. The van der Waals surface area contributed by atoms with Crippen molar-refractivity contribution >= 4 is 11.8 Å². The van der Waals surface area contributed by atoms with Crippen molar-refractivity contribution < 1.29 is 0 Å². The molecule has 1 aliphatic carbocycles. The van der Waals surface area contributed by atoms with E-state index in [1.165, 1.54) is 49.8 Å². The standard InChI is InChI=1S/C14H19S/c1-2-5-9-13(10-6-3-1)15-14-11-7-4-8-12-14/h4,7-8,11,13H,1-3,5-6,9-10H2. The van der Waals surface area contributed by atoms with Gasteiger partial charge in [-0.25, -0.2) is 0 Å². The third-order valence-corrected chi connectivity index (χ3v) is 4.34. The van der Waals surface area contributed by atoms with Crippen molar-refractivity contribution in [2.75, 3.05) is 0 Å². The minimum atomic E-state index is 0.837. The molecule has 1 fully saturated rings. The Labute approximate surface area is 97.5 Å². The van der Waals surface area contributed by atoms with Crippen LogP contribution in [0.25, 0.3) is 0 Å². The van der Waals surface area contributed by atoms with E-state index in [9.17, 15) is 0 Å². The summed E-state index contributed by atoms with van der Waals surface area (Å²) in [4.78, 5) is 1.32. The predicted molar refractivity (Wildman–Crippen MR) is 67.2 cm³/mol. The lowest BCUT2D eigenvalue weighted by atomic mass is 10.0. The molecule has 0 spiro atoms. The first-order chi connectivity index (χ1) is 7.45. The minimum Gasteiger partial charge on any atom is -0.122 e. The third-order valence-electron chi connectivity index (χ3n) is 3.03. The summed E-state index contributed by atoms with van der Waals surface area (Å²) in [6, 6.07) is 11.7. The number of rotatable bonds is 2. The van der Waals surface area contributed by atoms with E-state index in [4.69, 9.17) is 0 Å². The van der Waals surface area contributed by atoms with Gasteiger partial charge in [0, 0.05) is 10.1 Å². The van der Waals surface area contributed by atoms with E-state index in [2.05, 4.69) is 18.2 Å². The lowest BCUT2D eigenvalue weighted by Crippen LogP contribution is -2.05. The van der Waals surface area contributed by atoms with Gasteiger partial charge in [0.25, 0.3) is 0 Å². The van der Waals surface area contributed by atoms with E-state index >= 15 is 0 Å². The van der Waals surface area contributed by atoms with Gasteiger partial charge in [0.1, 0.15) is 0 Å². The Morgan fingerprint density at radius 3 is 2.40 bits per heavy atom. The molecule has 1 radical (unpaired) electrons. The summed E-state index contributed by atoms with van der Waals surface area (Å²) >= 11 is 2.03. The molecule has 0 atom stereocenters. The SMILES string of the molecule is [c]1ccccc1SC1CCCCCCC1. The second kappa shape index (κ2) is 6.22. The Hall–Kier alpha value is -0.430. The topological polar surface area (TPSA) is 0 Å². The number of hydrogen-bond acceptors (Lipinski definition) is 1. The maximum absolute atomic E-state index is 3.31. The smallest absolute Gasteiger partial charge is 0.0154 e. The summed E-state index contributed by atoms with van der Waals surface area (Å²) in [5.74, 6) is 0. The molecule has 0 aromatic heterocycles. The second-order valence-electron chi connectivity index (χ2n) is 4.31. The van der Waals surface area contributed by atoms with E-state index < -0.39 is 0 Å². The average molecular weight is 219 g/mol. The van der Waals surface area contributed by atoms with Crippen LogP contribution >= 0.6 is 11.8 Å². The fourth-order valence-corrected chi connectivity index (χ4v) is 3.39. The van der Waals surface area contributed by atoms with Crippen LogP contribution in [0.3, 0.4) is 0 Å². The molecule has 1 aliphatic rings. The third kappa shape index (κ3) is 3.90. The molecule has 0 nitrogen and oxygen atoms in total. The average Bonchev–Trinajstić information content (AvgIpc) is 2.23. The molecule has 1 saturated carbocycles. The van der Waals surface area contributed by atoms with Gasteiger partial charge in [-0.1, -0.05) is 50.3 Å². The van der Waals surface area contributed by atoms with Crippen LogP contribution in [0.5, 0.6) is 0 Å². The first-order valence-corrected chi connectivity index (χ1v) is 6.96. The Morgan fingerprint density at radius 2 is 1.73 bits per heavy atom. The Bertz CT molecular complexity index is 260. The molecule has 15 heavy (non-hydrogen) atoms.